The van der Waals surface area contributed by atoms with Crippen LogP contribution in [-0.4, -0.2) is 4.21 Å². The molecule has 0 bridgehead atoms. The first-order chi connectivity index (χ1) is 12.7. The average Bonchev–Trinajstić information content (AvgIpc) is 2.65. The summed E-state index contributed by atoms with van der Waals surface area (Å²) in [5.41, 5.74) is 3.30. The van der Waals surface area contributed by atoms with Crippen molar-refractivity contribution >= 4 is 32.4 Å². The van der Waals surface area contributed by atoms with Crippen LogP contribution < -0.4 is 0 Å². The van der Waals surface area contributed by atoms with Crippen LogP contribution in [0.5, 0.6) is 0 Å². The summed E-state index contributed by atoms with van der Waals surface area (Å²) < 4.78 is 25.5. The molecule has 0 saturated heterocycles. The first-order valence-electron chi connectivity index (χ1n) is 8.21. The van der Waals surface area contributed by atoms with Gasteiger partial charge in [-0.3, -0.25) is 4.21 Å². The SMILES string of the molecule is O=S(Cc1ccccc1)Cc1ccccc1SSCc1ccc(F)cc1. The van der Waals surface area contributed by atoms with Gasteiger partial charge in [0.2, 0.25) is 0 Å². The van der Waals surface area contributed by atoms with E-state index >= 15 is 0 Å². The Morgan fingerprint density at radius 1 is 0.769 bits per heavy atom. The Balaban J connectivity index is 1.57. The Bertz CT molecular complexity index is 851. The molecule has 0 aromatic heterocycles. The van der Waals surface area contributed by atoms with Gasteiger partial charge in [0.1, 0.15) is 5.82 Å². The third kappa shape index (κ3) is 6.01. The molecular weight excluding hydrogens is 383 g/mol. The van der Waals surface area contributed by atoms with Gasteiger partial charge in [0, 0.05) is 33.0 Å². The molecule has 0 heterocycles. The van der Waals surface area contributed by atoms with Gasteiger partial charge in [-0.2, -0.15) is 0 Å². The number of benzene rings is 3. The van der Waals surface area contributed by atoms with Gasteiger partial charge in [-0.25, -0.2) is 4.39 Å². The van der Waals surface area contributed by atoms with Gasteiger partial charge in [-0.05, 0) is 34.9 Å². The number of hydrogen-bond acceptors (Lipinski definition) is 3. The second-order valence-corrected chi connectivity index (χ2v) is 9.59. The van der Waals surface area contributed by atoms with Crippen LogP contribution in [0.25, 0.3) is 0 Å². The highest BCUT2D eigenvalue weighted by molar-refractivity contribution is 8.76. The summed E-state index contributed by atoms with van der Waals surface area (Å²) in [6.45, 7) is 0. The Hall–Kier alpha value is -1.56. The largest absolute Gasteiger partial charge is 0.259 e. The van der Waals surface area contributed by atoms with Crippen molar-refractivity contribution in [1.82, 2.24) is 0 Å². The van der Waals surface area contributed by atoms with Crippen molar-refractivity contribution in [1.29, 1.82) is 0 Å². The quantitative estimate of drug-likeness (QED) is 0.417. The van der Waals surface area contributed by atoms with Gasteiger partial charge in [0.25, 0.3) is 0 Å². The van der Waals surface area contributed by atoms with Crippen LogP contribution in [-0.2, 0) is 28.1 Å². The van der Waals surface area contributed by atoms with Gasteiger partial charge in [-0.15, -0.1) is 0 Å². The highest BCUT2D eigenvalue weighted by atomic mass is 33.1. The molecule has 0 spiro atoms. The lowest BCUT2D eigenvalue weighted by Gasteiger charge is -2.09. The third-order valence-corrected chi connectivity index (χ3v) is 7.43. The first-order valence-corrected chi connectivity index (χ1v) is 12.0. The van der Waals surface area contributed by atoms with Crippen molar-refractivity contribution in [3.63, 3.8) is 0 Å². The summed E-state index contributed by atoms with van der Waals surface area (Å²) in [5.74, 6) is 1.71. The molecule has 3 rings (SSSR count). The van der Waals surface area contributed by atoms with Crippen LogP contribution in [0.1, 0.15) is 16.7 Å². The molecule has 134 valence electrons. The minimum absolute atomic E-state index is 0.211. The maximum Gasteiger partial charge on any atom is 0.123 e. The lowest BCUT2D eigenvalue weighted by molar-refractivity contribution is 0.627. The molecule has 1 atom stereocenters. The average molecular weight is 403 g/mol. The van der Waals surface area contributed by atoms with Gasteiger partial charge in [0.05, 0.1) is 0 Å². The van der Waals surface area contributed by atoms with Crippen LogP contribution in [0.2, 0.25) is 0 Å². The second kappa shape index (κ2) is 9.95. The van der Waals surface area contributed by atoms with Crippen molar-refractivity contribution in [3.8, 4) is 0 Å². The molecule has 5 heteroatoms. The van der Waals surface area contributed by atoms with E-state index in [1.165, 1.54) is 12.1 Å². The molecule has 0 fully saturated rings. The van der Waals surface area contributed by atoms with E-state index in [4.69, 9.17) is 0 Å². The van der Waals surface area contributed by atoms with Gasteiger partial charge in [0.15, 0.2) is 0 Å². The highest BCUT2D eigenvalue weighted by Crippen LogP contribution is 2.36. The van der Waals surface area contributed by atoms with Crippen LogP contribution in [0, 0.1) is 5.82 Å². The van der Waals surface area contributed by atoms with E-state index in [9.17, 15) is 8.60 Å². The van der Waals surface area contributed by atoms with Crippen LogP contribution in [0.15, 0.2) is 83.8 Å². The lowest BCUT2D eigenvalue weighted by Crippen LogP contribution is -2.00. The monoisotopic (exact) mass is 402 g/mol. The summed E-state index contributed by atoms with van der Waals surface area (Å²) in [5, 5.41) is 0. The molecule has 1 unspecified atom stereocenters. The van der Waals surface area contributed by atoms with E-state index in [0.717, 1.165) is 27.3 Å². The zero-order valence-electron chi connectivity index (χ0n) is 14.1. The molecule has 0 amide bonds. The van der Waals surface area contributed by atoms with E-state index < -0.39 is 10.8 Å². The van der Waals surface area contributed by atoms with Crippen molar-refractivity contribution in [2.45, 2.75) is 22.2 Å². The molecule has 3 aromatic rings. The van der Waals surface area contributed by atoms with E-state index in [1.807, 2.05) is 60.7 Å². The molecule has 1 nitrogen and oxygen atoms in total. The van der Waals surface area contributed by atoms with Crippen molar-refractivity contribution in [2.75, 3.05) is 0 Å². The predicted octanol–water partition coefficient (Wildman–Crippen LogP) is 6.22. The molecule has 0 aliphatic heterocycles. The van der Waals surface area contributed by atoms with E-state index in [-0.39, 0.29) is 5.82 Å². The van der Waals surface area contributed by atoms with Crippen molar-refractivity contribution in [2.24, 2.45) is 0 Å². The van der Waals surface area contributed by atoms with E-state index in [0.29, 0.717) is 11.5 Å². The molecule has 0 aliphatic rings. The van der Waals surface area contributed by atoms with Gasteiger partial charge >= 0.3 is 0 Å². The Labute approximate surface area is 164 Å². The van der Waals surface area contributed by atoms with Crippen molar-refractivity contribution in [3.05, 3.63) is 101 Å². The standard InChI is InChI=1S/C21H19FOS3/c22-20-12-10-17(11-13-20)14-24-25-21-9-5-4-8-19(21)16-26(23)15-18-6-2-1-3-7-18/h1-13H,14-16H2. The molecule has 3 aromatic carbocycles. The number of halogens is 1. The molecule has 0 aliphatic carbocycles. The Morgan fingerprint density at radius 2 is 1.46 bits per heavy atom. The Kier molecular flexibility index (Phi) is 7.35. The summed E-state index contributed by atoms with van der Waals surface area (Å²) in [4.78, 5) is 1.14. The lowest BCUT2D eigenvalue weighted by atomic mass is 10.2. The number of rotatable bonds is 8. The molecule has 0 radical (unpaired) electrons. The smallest absolute Gasteiger partial charge is 0.123 e. The summed E-state index contributed by atoms with van der Waals surface area (Å²) in [7, 11) is 2.45. The third-order valence-electron chi connectivity index (χ3n) is 3.75. The molecular formula is C21H19FOS3. The maximum absolute atomic E-state index is 13.0. The fourth-order valence-corrected chi connectivity index (χ4v) is 6.14. The van der Waals surface area contributed by atoms with E-state index in [1.54, 1.807) is 21.6 Å². The van der Waals surface area contributed by atoms with Crippen molar-refractivity contribution < 1.29 is 8.60 Å². The zero-order valence-corrected chi connectivity index (χ0v) is 16.6. The normalized spacial score (nSPS) is 12.0. The second-order valence-electron chi connectivity index (χ2n) is 5.79. The van der Waals surface area contributed by atoms with E-state index in [2.05, 4.69) is 6.07 Å². The number of hydrogen-bond donors (Lipinski definition) is 0. The Morgan fingerprint density at radius 3 is 2.23 bits per heavy atom. The zero-order chi connectivity index (χ0) is 18.2. The van der Waals surface area contributed by atoms with Crippen LogP contribution >= 0.6 is 21.6 Å². The highest BCUT2D eigenvalue weighted by Gasteiger charge is 2.08. The summed E-state index contributed by atoms with van der Waals surface area (Å²) >= 11 is 0. The summed E-state index contributed by atoms with van der Waals surface area (Å²) in [6.07, 6.45) is 0. The first kappa shape index (κ1) is 19.2. The minimum Gasteiger partial charge on any atom is -0.259 e. The molecule has 0 saturated carbocycles. The van der Waals surface area contributed by atoms with Crippen LogP contribution in [0.4, 0.5) is 4.39 Å². The molecule has 26 heavy (non-hydrogen) atoms. The van der Waals surface area contributed by atoms with Gasteiger partial charge in [-0.1, -0.05) is 82.3 Å². The fraction of sp³-hybridized carbons (Fsp3) is 0.143. The van der Waals surface area contributed by atoms with Gasteiger partial charge < -0.3 is 0 Å². The minimum atomic E-state index is -0.941. The topological polar surface area (TPSA) is 17.1 Å². The summed E-state index contributed by atoms with van der Waals surface area (Å²) in [6, 6.07) is 24.6. The van der Waals surface area contributed by atoms with Crippen LogP contribution in [0.3, 0.4) is 0 Å². The molecule has 0 N–H and O–H groups in total. The fourth-order valence-electron chi connectivity index (χ4n) is 2.43. The maximum atomic E-state index is 13.0. The predicted molar refractivity (Wildman–Crippen MR) is 112 cm³/mol.